The Morgan fingerprint density at radius 1 is 1.03 bits per heavy atom. The Morgan fingerprint density at radius 3 is 2.39 bits per heavy atom. The molecular formula is C22H16Cl2N2O4S. The highest BCUT2D eigenvalue weighted by Gasteiger charge is 2.19. The Morgan fingerprint density at radius 2 is 1.71 bits per heavy atom. The zero-order chi connectivity index (χ0) is 22.1. The van der Waals surface area contributed by atoms with Crippen LogP contribution in [0.5, 0.6) is 0 Å². The summed E-state index contributed by atoms with van der Waals surface area (Å²) in [5.74, 6) is -0.626. The van der Waals surface area contributed by atoms with Gasteiger partial charge in [-0.1, -0.05) is 59.6 Å². The molecule has 2 aromatic heterocycles. The molecule has 0 saturated heterocycles. The van der Waals surface area contributed by atoms with E-state index in [9.17, 15) is 14.4 Å². The van der Waals surface area contributed by atoms with E-state index in [1.165, 1.54) is 10.6 Å². The summed E-state index contributed by atoms with van der Waals surface area (Å²) in [6.45, 7) is 0.0334. The summed E-state index contributed by atoms with van der Waals surface area (Å²) >= 11 is 13.2. The molecule has 0 radical (unpaired) electrons. The van der Waals surface area contributed by atoms with Crippen LogP contribution in [0.15, 0.2) is 64.2 Å². The molecule has 0 atom stereocenters. The Kier molecular flexibility index (Phi) is 6.00. The van der Waals surface area contributed by atoms with Gasteiger partial charge in [0.2, 0.25) is 0 Å². The quantitative estimate of drug-likeness (QED) is 0.400. The van der Waals surface area contributed by atoms with Crippen LogP contribution in [0.2, 0.25) is 10.0 Å². The fraction of sp³-hybridized carbons (Fsp3) is 0.136. The van der Waals surface area contributed by atoms with Crippen LogP contribution >= 0.6 is 34.5 Å². The molecule has 158 valence electrons. The smallest absolute Gasteiger partial charge is 0.348 e. The van der Waals surface area contributed by atoms with Gasteiger partial charge in [-0.15, -0.1) is 11.3 Å². The Labute approximate surface area is 190 Å². The zero-order valence-corrected chi connectivity index (χ0v) is 18.6. The van der Waals surface area contributed by atoms with Gasteiger partial charge in [0.05, 0.1) is 11.9 Å². The SMILES string of the molecule is Cn1c(=O)n(Cc2ccccc2)c(=O)c2cc(C(=O)OCc3c(Cl)cccc3Cl)sc21. The number of nitrogens with zero attached hydrogens (tertiary/aromatic N) is 2. The zero-order valence-electron chi connectivity index (χ0n) is 16.3. The Balaban J connectivity index is 1.67. The summed E-state index contributed by atoms with van der Waals surface area (Å²) < 4.78 is 7.87. The first-order valence-electron chi connectivity index (χ1n) is 9.24. The Bertz CT molecular complexity index is 1390. The predicted octanol–water partition coefficient (Wildman–Crippen LogP) is 4.47. The maximum absolute atomic E-state index is 13.0. The number of fused-ring (bicyclic) bond motifs is 1. The molecule has 0 aliphatic rings. The number of carbonyl (C=O) groups excluding carboxylic acids is 1. The maximum atomic E-state index is 13.0. The average Bonchev–Trinajstić information content (AvgIpc) is 3.21. The molecule has 9 heteroatoms. The van der Waals surface area contributed by atoms with Gasteiger partial charge in [-0.3, -0.25) is 13.9 Å². The first-order chi connectivity index (χ1) is 14.9. The third-order valence-corrected chi connectivity index (χ3v) is 6.70. The predicted molar refractivity (Wildman–Crippen MR) is 122 cm³/mol. The molecule has 0 aliphatic carbocycles. The summed E-state index contributed by atoms with van der Waals surface area (Å²) in [6, 6.07) is 15.7. The highest BCUT2D eigenvalue weighted by Crippen LogP contribution is 2.27. The van der Waals surface area contributed by atoms with Crippen LogP contribution in [0.1, 0.15) is 20.8 Å². The minimum Gasteiger partial charge on any atom is -0.457 e. The van der Waals surface area contributed by atoms with E-state index in [0.29, 0.717) is 20.4 Å². The van der Waals surface area contributed by atoms with Gasteiger partial charge in [-0.2, -0.15) is 0 Å². The topological polar surface area (TPSA) is 70.3 Å². The van der Waals surface area contributed by atoms with Crippen LogP contribution in [0.25, 0.3) is 10.2 Å². The van der Waals surface area contributed by atoms with Gasteiger partial charge in [-0.25, -0.2) is 9.59 Å². The lowest BCUT2D eigenvalue weighted by Gasteiger charge is -2.08. The number of rotatable bonds is 5. The lowest BCUT2D eigenvalue weighted by Crippen LogP contribution is -2.38. The molecule has 0 spiro atoms. The monoisotopic (exact) mass is 474 g/mol. The van der Waals surface area contributed by atoms with Gasteiger partial charge in [0.25, 0.3) is 5.56 Å². The van der Waals surface area contributed by atoms with Gasteiger partial charge >= 0.3 is 11.7 Å². The Hall–Kier alpha value is -2.87. The number of aryl methyl sites for hydroxylation is 1. The maximum Gasteiger partial charge on any atom is 0.348 e. The number of carbonyl (C=O) groups is 1. The molecule has 6 nitrogen and oxygen atoms in total. The molecule has 0 fully saturated rings. The highest BCUT2D eigenvalue weighted by atomic mass is 35.5. The lowest BCUT2D eigenvalue weighted by atomic mass is 10.2. The molecule has 0 unspecified atom stereocenters. The van der Waals surface area contributed by atoms with Crippen LogP contribution in [-0.4, -0.2) is 15.1 Å². The number of aromatic nitrogens is 2. The normalized spacial score (nSPS) is 11.1. The standard InChI is InChI=1S/C22H16Cl2N2O4S/c1-25-20-14(19(27)26(22(25)29)11-13-6-3-2-4-7-13)10-18(31-20)21(28)30-12-15-16(23)8-5-9-17(15)24/h2-10H,11-12H2,1H3. The number of hydrogen-bond donors (Lipinski definition) is 0. The van der Waals surface area contributed by atoms with Crippen molar-refractivity contribution in [2.24, 2.45) is 7.05 Å². The molecule has 4 aromatic rings. The molecule has 2 heterocycles. The van der Waals surface area contributed by atoms with Crippen LogP contribution in [0.3, 0.4) is 0 Å². The second kappa shape index (κ2) is 8.70. The molecule has 31 heavy (non-hydrogen) atoms. The molecule has 0 N–H and O–H groups in total. The number of benzene rings is 2. The van der Waals surface area contributed by atoms with Crippen molar-refractivity contribution in [1.29, 1.82) is 0 Å². The third-order valence-electron chi connectivity index (χ3n) is 4.80. The van der Waals surface area contributed by atoms with E-state index in [-0.39, 0.29) is 23.4 Å². The van der Waals surface area contributed by atoms with Gasteiger partial charge in [-0.05, 0) is 23.8 Å². The van der Waals surface area contributed by atoms with Crippen molar-refractivity contribution in [3.63, 3.8) is 0 Å². The fourth-order valence-corrected chi connectivity index (χ4v) is 4.67. The molecule has 0 saturated carbocycles. The first-order valence-corrected chi connectivity index (χ1v) is 10.8. The summed E-state index contributed by atoms with van der Waals surface area (Å²) in [4.78, 5) is 39.0. The summed E-state index contributed by atoms with van der Waals surface area (Å²) in [5.41, 5.74) is 0.419. The molecule has 0 amide bonds. The third kappa shape index (κ3) is 4.17. The van der Waals surface area contributed by atoms with E-state index in [4.69, 9.17) is 27.9 Å². The minimum absolute atomic E-state index is 0.108. The van der Waals surface area contributed by atoms with Crippen LogP contribution in [-0.2, 0) is 24.9 Å². The first kappa shape index (κ1) is 21.4. The molecule has 2 aromatic carbocycles. The summed E-state index contributed by atoms with van der Waals surface area (Å²) in [7, 11) is 1.57. The van der Waals surface area contributed by atoms with E-state index in [1.54, 1.807) is 25.2 Å². The number of esters is 1. The van der Waals surface area contributed by atoms with Crippen molar-refractivity contribution in [3.05, 3.63) is 101 Å². The van der Waals surface area contributed by atoms with Gasteiger partial charge in [0.15, 0.2) is 0 Å². The number of ether oxygens (including phenoxy) is 1. The fourth-order valence-electron chi connectivity index (χ4n) is 3.17. The molecule has 0 bridgehead atoms. The number of halogens is 2. The molecule has 0 aliphatic heterocycles. The number of thiophene rings is 1. The number of hydrogen-bond acceptors (Lipinski definition) is 5. The second-order valence-corrected chi connectivity index (χ2v) is 8.67. The van der Waals surface area contributed by atoms with E-state index in [1.807, 2.05) is 30.3 Å². The van der Waals surface area contributed by atoms with Crippen LogP contribution < -0.4 is 11.2 Å². The van der Waals surface area contributed by atoms with Gasteiger partial charge in [0.1, 0.15) is 16.3 Å². The lowest BCUT2D eigenvalue weighted by molar-refractivity contribution is 0.0479. The van der Waals surface area contributed by atoms with Crippen molar-refractivity contribution in [2.45, 2.75) is 13.2 Å². The van der Waals surface area contributed by atoms with E-state index in [2.05, 4.69) is 0 Å². The van der Waals surface area contributed by atoms with Crippen LogP contribution in [0, 0.1) is 0 Å². The highest BCUT2D eigenvalue weighted by molar-refractivity contribution is 7.20. The van der Waals surface area contributed by atoms with Crippen molar-refractivity contribution >= 4 is 50.7 Å². The second-order valence-electron chi connectivity index (χ2n) is 6.82. The van der Waals surface area contributed by atoms with E-state index < -0.39 is 17.2 Å². The summed E-state index contributed by atoms with van der Waals surface area (Å²) in [6.07, 6.45) is 0. The average molecular weight is 475 g/mol. The summed E-state index contributed by atoms with van der Waals surface area (Å²) in [5, 5.41) is 1.07. The van der Waals surface area contributed by atoms with Gasteiger partial charge < -0.3 is 4.74 Å². The van der Waals surface area contributed by atoms with E-state index in [0.717, 1.165) is 21.5 Å². The molecule has 4 rings (SSSR count). The van der Waals surface area contributed by atoms with Crippen molar-refractivity contribution in [2.75, 3.05) is 0 Å². The minimum atomic E-state index is -0.626. The van der Waals surface area contributed by atoms with Crippen molar-refractivity contribution in [3.8, 4) is 0 Å². The largest absolute Gasteiger partial charge is 0.457 e. The van der Waals surface area contributed by atoms with Crippen molar-refractivity contribution < 1.29 is 9.53 Å². The molecular weight excluding hydrogens is 459 g/mol. The van der Waals surface area contributed by atoms with Gasteiger partial charge in [0, 0.05) is 22.7 Å². The van der Waals surface area contributed by atoms with Crippen molar-refractivity contribution in [1.82, 2.24) is 9.13 Å². The van der Waals surface area contributed by atoms with Crippen LogP contribution in [0.4, 0.5) is 0 Å². The van der Waals surface area contributed by atoms with E-state index >= 15 is 0 Å².